The van der Waals surface area contributed by atoms with Gasteiger partial charge in [-0.1, -0.05) is 23.9 Å². The van der Waals surface area contributed by atoms with Crippen LogP contribution >= 0.6 is 27.7 Å². The molecule has 0 saturated heterocycles. The molecule has 18 heavy (non-hydrogen) atoms. The second-order valence-electron chi connectivity index (χ2n) is 3.67. The van der Waals surface area contributed by atoms with Crippen LogP contribution in [0.15, 0.2) is 40.2 Å². The Kier molecular flexibility index (Phi) is 4.08. The molecule has 0 aliphatic heterocycles. The summed E-state index contributed by atoms with van der Waals surface area (Å²) in [7, 11) is 0. The number of carboxylic acid groups (broad SMARTS) is 1. The summed E-state index contributed by atoms with van der Waals surface area (Å²) >= 11 is 4.74. The maximum atomic E-state index is 10.6. The highest BCUT2D eigenvalue weighted by molar-refractivity contribution is 9.10. The number of benzene rings is 1. The predicted octanol–water partition coefficient (Wildman–Crippen LogP) is 3.12. The number of hydrogen-bond donors (Lipinski definition) is 1. The lowest BCUT2D eigenvalue weighted by atomic mass is 10.2. The monoisotopic (exact) mass is 326 g/mol. The van der Waals surface area contributed by atoms with Crippen molar-refractivity contribution in [3.05, 3.63) is 40.6 Å². The van der Waals surface area contributed by atoms with Crippen LogP contribution in [0.2, 0.25) is 0 Å². The second-order valence-corrected chi connectivity index (χ2v) is 5.41. The van der Waals surface area contributed by atoms with Crippen molar-refractivity contribution in [1.29, 1.82) is 0 Å². The SMILES string of the molecule is Cc1cccc(-n2ccnc2SCC(=O)O)c1Br. The smallest absolute Gasteiger partial charge is 0.313 e. The molecule has 0 radical (unpaired) electrons. The van der Waals surface area contributed by atoms with E-state index in [1.165, 1.54) is 11.8 Å². The minimum Gasteiger partial charge on any atom is -0.481 e. The number of hydrogen-bond acceptors (Lipinski definition) is 3. The summed E-state index contributed by atoms with van der Waals surface area (Å²) in [6, 6.07) is 5.93. The van der Waals surface area contributed by atoms with E-state index in [1.807, 2.05) is 35.9 Å². The van der Waals surface area contributed by atoms with Gasteiger partial charge in [0.15, 0.2) is 5.16 Å². The van der Waals surface area contributed by atoms with Crippen LogP contribution in [-0.4, -0.2) is 26.4 Å². The number of aryl methyl sites for hydroxylation is 1. The minimum absolute atomic E-state index is 0.000445. The molecule has 0 fully saturated rings. The quantitative estimate of drug-likeness (QED) is 0.877. The van der Waals surface area contributed by atoms with Crippen LogP contribution in [0.3, 0.4) is 0 Å². The molecular formula is C12H11BrN2O2S. The Hall–Kier alpha value is -1.27. The Morgan fingerprint density at radius 2 is 2.33 bits per heavy atom. The zero-order valence-electron chi connectivity index (χ0n) is 9.63. The lowest BCUT2D eigenvalue weighted by molar-refractivity contribution is -0.133. The molecule has 0 atom stereocenters. The average Bonchev–Trinajstić information content (AvgIpc) is 2.78. The number of aliphatic carboxylic acids is 1. The van der Waals surface area contributed by atoms with Crippen molar-refractivity contribution in [2.45, 2.75) is 12.1 Å². The molecule has 0 saturated carbocycles. The highest BCUT2D eigenvalue weighted by atomic mass is 79.9. The maximum absolute atomic E-state index is 10.6. The number of rotatable bonds is 4. The first-order valence-electron chi connectivity index (χ1n) is 5.23. The van der Waals surface area contributed by atoms with Gasteiger partial charge < -0.3 is 5.11 Å². The van der Waals surface area contributed by atoms with E-state index in [-0.39, 0.29) is 5.75 Å². The van der Waals surface area contributed by atoms with Crippen molar-refractivity contribution in [3.63, 3.8) is 0 Å². The largest absolute Gasteiger partial charge is 0.481 e. The summed E-state index contributed by atoms with van der Waals surface area (Å²) in [4.78, 5) is 14.8. The van der Waals surface area contributed by atoms with Gasteiger partial charge >= 0.3 is 5.97 Å². The molecule has 1 heterocycles. The third kappa shape index (κ3) is 2.76. The number of thioether (sulfide) groups is 1. The van der Waals surface area contributed by atoms with Crippen LogP contribution < -0.4 is 0 Å². The fraction of sp³-hybridized carbons (Fsp3) is 0.167. The number of carboxylic acids is 1. The number of halogens is 1. The van der Waals surface area contributed by atoms with Crippen molar-refractivity contribution in [2.75, 3.05) is 5.75 Å². The molecule has 1 N–H and O–H groups in total. The van der Waals surface area contributed by atoms with E-state index in [1.54, 1.807) is 6.20 Å². The van der Waals surface area contributed by atoms with Crippen molar-refractivity contribution in [3.8, 4) is 5.69 Å². The van der Waals surface area contributed by atoms with E-state index in [9.17, 15) is 4.79 Å². The zero-order chi connectivity index (χ0) is 13.1. The molecule has 94 valence electrons. The summed E-state index contributed by atoms with van der Waals surface area (Å²) in [5.41, 5.74) is 2.08. The Bertz CT molecular complexity index is 583. The van der Waals surface area contributed by atoms with Crippen molar-refractivity contribution in [2.24, 2.45) is 0 Å². The van der Waals surface area contributed by atoms with Gasteiger partial charge in [0, 0.05) is 16.9 Å². The molecule has 1 aromatic heterocycles. The van der Waals surface area contributed by atoms with Crippen LogP contribution in [0, 0.1) is 6.92 Å². The summed E-state index contributed by atoms with van der Waals surface area (Å²) in [5.74, 6) is -0.849. The molecule has 2 rings (SSSR count). The fourth-order valence-electron chi connectivity index (χ4n) is 1.52. The topological polar surface area (TPSA) is 55.1 Å². The number of carbonyl (C=O) groups is 1. The Morgan fingerprint density at radius 3 is 3.06 bits per heavy atom. The van der Waals surface area contributed by atoms with Crippen LogP contribution in [0.1, 0.15) is 5.56 Å². The first-order valence-corrected chi connectivity index (χ1v) is 7.01. The molecule has 0 unspecified atom stereocenters. The lowest BCUT2D eigenvalue weighted by Crippen LogP contribution is -2.02. The van der Waals surface area contributed by atoms with Gasteiger partial charge in [0.05, 0.1) is 11.4 Å². The van der Waals surface area contributed by atoms with Gasteiger partial charge in [-0.05, 0) is 34.5 Å². The van der Waals surface area contributed by atoms with Crippen LogP contribution in [0.5, 0.6) is 0 Å². The van der Waals surface area contributed by atoms with E-state index in [0.717, 1.165) is 15.7 Å². The molecule has 0 amide bonds. The van der Waals surface area contributed by atoms with Gasteiger partial charge in [-0.25, -0.2) is 4.98 Å². The zero-order valence-corrected chi connectivity index (χ0v) is 12.0. The molecule has 0 spiro atoms. The first kappa shape index (κ1) is 13.2. The fourth-order valence-corrected chi connectivity index (χ4v) is 2.67. The molecular weight excluding hydrogens is 316 g/mol. The van der Waals surface area contributed by atoms with E-state index in [2.05, 4.69) is 20.9 Å². The van der Waals surface area contributed by atoms with E-state index >= 15 is 0 Å². The highest BCUT2D eigenvalue weighted by Crippen LogP contribution is 2.28. The standard InChI is InChI=1S/C12H11BrN2O2S/c1-8-3-2-4-9(11(8)13)15-6-5-14-12(15)18-7-10(16)17/h2-6H,7H2,1H3,(H,16,17). The molecule has 0 aliphatic carbocycles. The Morgan fingerprint density at radius 1 is 1.56 bits per heavy atom. The molecule has 4 nitrogen and oxygen atoms in total. The molecule has 2 aromatic rings. The Balaban J connectivity index is 2.36. The van der Waals surface area contributed by atoms with Crippen LogP contribution in [-0.2, 0) is 4.79 Å². The third-order valence-corrected chi connectivity index (χ3v) is 4.35. The van der Waals surface area contributed by atoms with E-state index in [4.69, 9.17) is 5.11 Å². The summed E-state index contributed by atoms with van der Waals surface area (Å²) in [5, 5.41) is 9.38. The summed E-state index contributed by atoms with van der Waals surface area (Å²) in [6.45, 7) is 2.01. The van der Waals surface area contributed by atoms with Gasteiger partial charge in [-0.15, -0.1) is 0 Å². The molecule has 6 heteroatoms. The van der Waals surface area contributed by atoms with E-state index < -0.39 is 5.97 Å². The highest BCUT2D eigenvalue weighted by Gasteiger charge is 2.11. The third-order valence-electron chi connectivity index (χ3n) is 2.36. The van der Waals surface area contributed by atoms with Crippen molar-refractivity contribution >= 4 is 33.7 Å². The van der Waals surface area contributed by atoms with Crippen molar-refractivity contribution in [1.82, 2.24) is 9.55 Å². The lowest BCUT2D eigenvalue weighted by Gasteiger charge is -2.10. The first-order chi connectivity index (χ1) is 8.59. The van der Waals surface area contributed by atoms with Crippen molar-refractivity contribution < 1.29 is 9.90 Å². The maximum Gasteiger partial charge on any atom is 0.313 e. The Labute approximate surface area is 117 Å². The summed E-state index contributed by atoms with van der Waals surface area (Å²) < 4.78 is 2.87. The minimum atomic E-state index is -0.849. The number of nitrogens with zero attached hydrogens (tertiary/aromatic N) is 2. The van der Waals surface area contributed by atoms with Gasteiger partial charge in [0.2, 0.25) is 0 Å². The molecule has 0 aliphatic rings. The molecule has 1 aromatic carbocycles. The average molecular weight is 327 g/mol. The second kappa shape index (κ2) is 5.58. The van der Waals surface area contributed by atoms with Gasteiger partial charge in [-0.3, -0.25) is 9.36 Å². The molecule has 0 bridgehead atoms. The summed E-state index contributed by atoms with van der Waals surface area (Å²) in [6.07, 6.45) is 3.49. The van der Waals surface area contributed by atoms with Gasteiger partial charge in [0.25, 0.3) is 0 Å². The van der Waals surface area contributed by atoms with Crippen LogP contribution in [0.4, 0.5) is 0 Å². The van der Waals surface area contributed by atoms with Crippen LogP contribution in [0.25, 0.3) is 5.69 Å². The van der Waals surface area contributed by atoms with Gasteiger partial charge in [-0.2, -0.15) is 0 Å². The van der Waals surface area contributed by atoms with Gasteiger partial charge in [0.1, 0.15) is 0 Å². The normalized spacial score (nSPS) is 10.6. The number of imidazole rings is 1. The predicted molar refractivity (Wildman–Crippen MR) is 74.4 cm³/mol. The number of aromatic nitrogens is 2. The van der Waals surface area contributed by atoms with E-state index in [0.29, 0.717) is 5.16 Å².